The first-order valence-corrected chi connectivity index (χ1v) is 13.9. The Balaban J connectivity index is 1.33. The van der Waals surface area contributed by atoms with Crippen molar-refractivity contribution in [2.75, 3.05) is 23.8 Å². The van der Waals surface area contributed by atoms with E-state index in [1.54, 1.807) is 60.7 Å². The SMILES string of the molecule is COc1ccc(NS(=O)(=O)c2ccc(NC(=S)NC(=O)c3ccccc3OCCc3ccccc3)cc2)cc1. The number of thiocarbonyl (C=S) groups is 1. The average Bonchev–Trinajstić information content (AvgIpc) is 2.94. The summed E-state index contributed by atoms with van der Waals surface area (Å²) in [5.74, 6) is 0.647. The molecular formula is C29H27N3O5S2. The number of carbonyl (C=O) groups excluding carboxylic acids is 1. The lowest BCUT2D eigenvalue weighted by atomic mass is 10.1. The molecule has 0 fully saturated rings. The van der Waals surface area contributed by atoms with Crippen molar-refractivity contribution < 1.29 is 22.7 Å². The zero-order valence-electron chi connectivity index (χ0n) is 21.1. The third kappa shape index (κ3) is 7.79. The van der Waals surface area contributed by atoms with Gasteiger partial charge in [-0.1, -0.05) is 42.5 Å². The number of rotatable bonds is 10. The molecule has 0 heterocycles. The molecule has 0 unspecified atom stereocenters. The van der Waals surface area contributed by atoms with E-state index in [4.69, 9.17) is 21.7 Å². The Morgan fingerprint density at radius 3 is 2.15 bits per heavy atom. The molecule has 4 rings (SSSR count). The highest BCUT2D eigenvalue weighted by Gasteiger charge is 2.16. The van der Waals surface area contributed by atoms with Crippen molar-refractivity contribution in [2.45, 2.75) is 11.3 Å². The summed E-state index contributed by atoms with van der Waals surface area (Å²) in [6.07, 6.45) is 0.706. The van der Waals surface area contributed by atoms with Gasteiger partial charge in [-0.2, -0.15) is 0 Å². The van der Waals surface area contributed by atoms with Crippen molar-refractivity contribution >= 4 is 44.6 Å². The van der Waals surface area contributed by atoms with Crippen LogP contribution in [-0.2, 0) is 16.4 Å². The van der Waals surface area contributed by atoms with Gasteiger partial charge in [-0.3, -0.25) is 14.8 Å². The maximum absolute atomic E-state index is 12.9. The van der Waals surface area contributed by atoms with E-state index in [1.165, 1.54) is 19.2 Å². The van der Waals surface area contributed by atoms with Gasteiger partial charge in [0.05, 0.1) is 24.2 Å². The molecular weight excluding hydrogens is 534 g/mol. The Morgan fingerprint density at radius 1 is 0.821 bits per heavy atom. The Hall–Kier alpha value is -4.41. The standard InChI is InChI=1S/C29H27N3O5S2/c1-36-24-15-11-23(12-16-24)32-39(34,35)25-17-13-22(14-18-25)30-29(38)31-28(33)26-9-5-6-10-27(26)37-20-19-21-7-3-2-4-8-21/h2-18,32H,19-20H2,1H3,(H2,30,31,33,38). The number of benzene rings is 4. The highest BCUT2D eigenvalue weighted by molar-refractivity contribution is 7.92. The molecule has 0 saturated carbocycles. The molecule has 0 saturated heterocycles. The van der Waals surface area contributed by atoms with Gasteiger partial charge in [0.15, 0.2) is 5.11 Å². The van der Waals surface area contributed by atoms with Gasteiger partial charge in [0.1, 0.15) is 11.5 Å². The Kier molecular flexibility index (Phi) is 9.14. The second-order valence-corrected chi connectivity index (χ2v) is 10.4. The highest BCUT2D eigenvalue weighted by Crippen LogP contribution is 2.21. The lowest BCUT2D eigenvalue weighted by molar-refractivity contribution is 0.0973. The Bertz CT molecular complexity index is 1530. The van der Waals surface area contributed by atoms with Crippen LogP contribution in [0.5, 0.6) is 11.5 Å². The molecule has 0 aliphatic rings. The molecule has 4 aromatic rings. The van der Waals surface area contributed by atoms with Crippen LogP contribution in [0.1, 0.15) is 15.9 Å². The maximum atomic E-state index is 12.9. The van der Waals surface area contributed by atoms with Gasteiger partial charge in [0.2, 0.25) is 0 Å². The van der Waals surface area contributed by atoms with Gasteiger partial charge in [-0.25, -0.2) is 8.42 Å². The number of para-hydroxylation sites is 1. The fraction of sp³-hybridized carbons (Fsp3) is 0.103. The first-order valence-electron chi connectivity index (χ1n) is 12.0. The zero-order chi connectivity index (χ0) is 27.7. The van der Waals surface area contributed by atoms with E-state index in [1.807, 2.05) is 30.3 Å². The van der Waals surface area contributed by atoms with Gasteiger partial charge >= 0.3 is 0 Å². The number of anilines is 2. The van der Waals surface area contributed by atoms with E-state index >= 15 is 0 Å². The van der Waals surface area contributed by atoms with Gasteiger partial charge < -0.3 is 14.8 Å². The fourth-order valence-corrected chi connectivity index (χ4v) is 4.90. The Morgan fingerprint density at radius 2 is 1.46 bits per heavy atom. The topological polar surface area (TPSA) is 106 Å². The number of ether oxygens (including phenoxy) is 2. The van der Waals surface area contributed by atoms with Crippen molar-refractivity contribution in [1.82, 2.24) is 5.32 Å². The summed E-state index contributed by atoms with van der Waals surface area (Å²) >= 11 is 5.30. The van der Waals surface area contributed by atoms with Gasteiger partial charge in [-0.05, 0) is 78.4 Å². The molecule has 0 aromatic heterocycles. The molecule has 0 bridgehead atoms. The molecule has 10 heteroatoms. The van der Waals surface area contributed by atoms with E-state index in [2.05, 4.69) is 15.4 Å². The quantitative estimate of drug-likeness (QED) is 0.227. The molecule has 0 aliphatic heterocycles. The number of carbonyl (C=O) groups is 1. The van der Waals surface area contributed by atoms with E-state index in [-0.39, 0.29) is 10.0 Å². The molecule has 0 spiro atoms. The minimum Gasteiger partial charge on any atom is -0.497 e. The molecule has 200 valence electrons. The molecule has 1 amide bonds. The third-order valence-electron chi connectivity index (χ3n) is 5.61. The van der Waals surface area contributed by atoms with Crippen molar-refractivity contribution in [3.8, 4) is 11.5 Å². The van der Waals surface area contributed by atoms with E-state index in [0.29, 0.717) is 41.5 Å². The van der Waals surface area contributed by atoms with Crippen LogP contribution >= 0.6 is 12.2 Å². The average molecular weight is 562 g/mol. The maximum Gasteiger partial charge on any atom is 0.261 e. The number of methoxy groups -OCH3 is 1. The highest BCUT2D eigenvalue weighted by atomic mass is 32.2. The summed E-state index contributed by atoms with van der Waals surface area (Å²) in [5, 5.41) is 5.60. The van der Waals surface area contributed by atoms with Crippen molar-refractivity contribution in [3.05, 3.63) is 114 Å². The predicted octanol–water partition coefficient (Wildman–Crippen LogP) is 5.24. The fourth-order valence-electron chi connectivity index (χ4n) is 3.63. The summed E-state index contributed by atoms with van der Waals surface area (Å²) in [4.78, 5) is 13.0. The van der Waals surface area contributed by atoms with Crippen LogP contribution in [0.3, 0.4) is 0 Å². The normalized spacial score (nSPS) is 10.8. The van der Waals surface area contributed by atoms with Crippen molar-refractivity contribution in [1.29, 1.82) is 0 Å². The van der Waals surface area contributed by atoms with E-state index < -0.39 is 15.9 Å². The van der Waals surface area contributed by atoms with Crippen LogP contribution in [0.25, 0.3) is 0 Å². The van der Waals surface area contributed by atoms with Crippen LogP contribution in [-0.4, -0.2) is 33.2 Å². The van der Waals surface area contributed by atoms with Crippen molar-refractivity contribution in [2.24, 2.45) is 0 Å². The van der Waals surface area contributed by atoms with Crippen molar-refractivity contribution in [3.63, 3.8) is 0 Å². The van der Waals surface area contributed by atoms with Gasteiger partial charge in [0.25, 0.3) is 15.9 Å². The number of sulfonamides is 1. The number of amides is 1. The first-order chi connectivity index (χ1) is 18.8. The molecule has 4 aromatic carbocycles. The first kappa shape index (κ1) is 27.6. The number of hydrogen-bond donors (Lipinski definition) is 3. The zero-order valence-corrected chi connectivity index (χ0v) is 22.7. The second kappa shape index (κ2) is 12.9. The molecule has 39 heavy (non-hydrogen) atoms. The molecule has 3 N–H and O–H groups in total. The second-order valence-electron chi connectivity index (χ2n) is 8.35. The molecule has 8 nitrogen and oxygen atoms in total. The lowest BCUT2D eigenvalue weighted by Gasteiger charge is -2.13. The van der Waals surface area contributed by atoms with Crippen LogP contribution in [0, 0.1) is 0 Å². The predicted molar refractivity (Wildman–Crippen MR) is 156 cm³/mol. The summed E-state index contributed by atoms with van der Waals surface area (Å²) in [7, 11) is -2.26. The largest absolute Gasteiger partial charge is 0.497 e. The van der Waals surface area contributed by atoms with E-state index in [9.17, 15) is 13.2 Å². The monoisotopic (exact) mass is 561 g/mol. The molecule has 0 atom stereocenters. The molecule has 0 aliphatic carbocycles. The summed E-state index contributed by atoms with van der Waals surface area (Å²) in [5.41, 5.74) is 2.41. The number of hydrogen-bond acceptors (Lipinski definition) is 6. The lowest BCUT2D eigenvalue weighted by Crippen LogP contribution is -2.34. The third-order valence-corrected chi connectivity index (χ3v) is 7.22. The minimum absolute atomic E-state index is 0.0612. The van der Waals surface area contributed by atoms with Crippen LogP contribution < -0.4 is 24.8 Å². The van der Waals surface area contributed by atoms with Crippen LogP contribution in [0.2, 0.25) is 0 Å². The van der Waals surface area contributed by atoms with Gasteiger partial charge in [0, 0.05) is 17.8 Å². The summed E-state index contributed by atoms with van der Waals surface area (Å²) in [6.45, 7) is 0.416. The smallest absolute Gasteiger partial charge is 0.261 e. The van der Waals surface area contributed by atoms with Crippen LogP contribution in [0.4, 0.5) is 11.4 Å². The van der Waals surface area contributed by atoms with Gasteiger partial charge in [-0.15, -0.1) is 0 Å². The summed E-state index contributed by atoms with van der Waals surface area (Å²) in [6, 6.07) is 29.4. The Labute approximate surface area is 233 Å². The summed E-state index contributed by atoms with van der Waals surface area (Å²) < 4.78 is 38.9. The number of nitrogens with one attached hydrogen (secondary N) is 3. The van der Waals surface area contributed by atoms with Crippen LogP contribution in [0.15, 0.2) is 108 Å². The molecule has 0 radical (unpaired) electrons. The minimum atomic E-state index is -3.80. The van der Waals surface area contributed by atoms with E-state index in [0.717, 1.165) is 5.56 Å².